The van der Waals surface area contributed by atoms with Crippen LogP contribution >= 0.6 is 0 Å². The molecule has 0 spiro atoms. The van der Waals surface area contributed by atoms with E-state index in [1.54, 1.807) is 4.68 Å². The molecule has 4 bridgehead atoms. The number of rotatable bonds is 0. The maximum absolute atomic E-state index is 10.3. The van der Waals surface area contributed by atoms with E-state index in [9.17, 15) is 5.11 Å². The molecule has 0 unspecified atom stereocenters. The molecule has 3 aliphatic rings. The summed E-state index contributed by atoms with van der Waals surface area (Å²) in [4.78, 5) is 4.05. The number of nitrogens with one attached hydrogen (secondary N) is 1. The van der Waals surface area contributed by atoms with E-state index in [1.807, 2.05) is 0 Å². The maximum atomic E-state index is 10.3. The van der Waals surface area contributed by atoms with E-state index >= 15 is 0 Å². The van der Waals surface area contributed by atoms with Crippen LogP contribution < -0.4 is 5.32 Å². The largest absolute Gasteiger partial charge is 0.366 e. The highest BCUT2D eigenvalue weighted by Gasteiger charge is 2.57. The Bertz CT molecular complexity index is 422. The first-order valence-corrected chi connectivity index (χ1v) is 4.93. The van der Waals surface area contributed by atoms with Crippen molar-refractivity contribution in [2.45, 2.75) is 30.6 Å². The summed E-state index contributed by atoms with van der Waals surface area (Å²) in [6.07, 6.45) is 1.39. The van der Waals surface area contributed by atoms with E-state index in [-0.39, 0.29) is 12.1 Å². The molecule has 7 heteroatoms. The summed E-state index contributed by atoms with van der Waals surface area (Å²) in [6, 6.07) is 0.00694. The van der Waals surface area contributed by atoms with Gasteiger partial charge in [0.2, 0.25) is 12.2 Å². The first kappa shape index (κ1) is 8.03. The van der Waals surface area contributed by atoms with Gasteiger partial charge >= 0.3 is 0 Å². The molecule has 0 aromatic carbocycles. The van der Waals surface area contributed by atoms with Crippen LogP contribution in [0.1, 0.15) is 12.5 Å². The SMILES string of the molecule is O[C@@]12C[C@@H]([C@@H]3CO[C@@H]1O3)n1ncnc1N2. The Kier molecular flexibility index (Phi) is 1.24. The Morgan fingerprint density at radius 3 is 3.53 bits per heavy atom. The number of aliphatic hydroxyl groups is 1. The molecule has 4 atom stereocenters. The van der Waals surface area contributed by atoms with Crippen LogP contribution in [-0.4, -0.2) is 44.6 Å². The average Bonchev–Trinajstić information content (AvgIpc) is 2.80. The monoisotopic (exact) mass is 210 g/mol. The summed E-state index contributed by atoms with van der Waals surface area (Å²) < 4.78 is 12.7. The molecule has 1 aromatic heterocycles. The van der Waals surface area contributed by atoms with Crippen molar-refractivity contribution in [3.63, 3.8) is 0 Å². The third-order valence-electron chi connectivity index (χ3n) is 3.27. The van der Waals surface area contributed by atoms with Crippen molar-refractivity contribution >= 4 is 5.95 Å². The molecule has 1 aromatic rings. The quantitative estimate of drug-likeness (QED) is 0.576. The second-order valence-electron chi connectivity index (χ2n) is 4.19. The number of ether oxygens (including phenoxy) is 2. The zero-order chi connectivity index (χ0) is 10.0. The fourth-order valence-corrected chi connectivity index (χ4v) is 2.55. The van der Waals surface area contributed by atoms with Gasteiger partial charge < -0.3 is 19.9 Å². The van der Waals surface area contributed by atoms with Crippen LogP contribution in [0.25, 0.3) is 0 Å². The van der Waals surface area contributed by atoms with Crippen molar-refractivity contribution in [1.82, 2.24) is 14.8 Å². The normalized spacial score (nSPS) is 46.1. The molecule has 0 aliphatic carbocycles. The third kappa shape index (κ3) is 0.858. The third-order valence-corrected chi connectivity index (χ3v) is 3.27. The lowest BCUT2D eigenvalue weighted by Gasteiger charge is -2.44. The summed E-state index contributed by atoms with van der Waals surface area (Å²) in [5.41, 5.74) is -1.17. The van der Waals surface area contributed by atoms with Gasteiger partial charge in [-0.2, -0.15) is 10.1 Å². The second-order valence-corrected chi connectivity index (χ2v) is 4.19. The van der Waals surface area contributed by atoms with Gasteiger partial charge in [-0.1, -0.05) is 0 Å². The van der Waals surface area contributed by atoms with Gasteiger partial charge in [-0.3, -0.25) is 0 Å². The van der Waals surface area contributed by atoms with Crippen molar-refractivity contribution < 1.29 is 14.6 Å². The predicted molar refractivity (Wildman–Crippen MR) is 46.9 cm³/mol. The van der Waals surface area contributed by atoms with Gasteiger partial charge in [-0.25, -0.2) is 4.68 Å². The van der Waals surface area contributed by atoms with Crippen LogP contribution in [0.5, 0.6) is 0 Å². The Hall–Kier alpha value is -1.18. The number of fused-ring (bicyclic) bond motifs is 8. The minimum atomic E-state index is -1.17. The highest BCUT2D eigenvalue weighted by molar-refractivity contribution is 5.33. The number of hydrogen-bond donors (Lipinski definition) is 2. The lowest BCUT2D eigenvalue weighted by atomic mass is 9.95. The predicted octanol–water partition coefficient (Wildman–Crippen LogP) is -0.922. The minimum absolute atomic E-state index is 0.00694. The van der Waals surface area contributed by atoms with Crippen molar-refractivity contribution in [1.29, 1.82) is 0 Å². The highest BCUT2D eigenvalue weighted by Crippen LogP contribution is 2.44. The maximum Gasteiger partial charge on any atom is 0.223 e. The molecule has 2 fully saturated rings. The Balaban J connectivity index is 1.89. The molecule has 7 nitrogen and oxygen atoms in total. The zero-order valence-corrected chi connectivity index (χ0v) is 7.83. The van der Waals surface area contributed by atoms with Crippen molar-refractivity contribution in [2.75, 3.05) is 11.9 Å². The van der Waals surface area contributed by atoms with E-state index in [2.05, 4.69) is 15.4 Å². The molecule has 0 saturated carbocycles. The van der Waals surface area contributed by atoms with Crippen LogP contribution in [0, 0.1) is 0 Å². The molecular weight excluding hydrogens is 200 g/mol. The van der Waals surface area contributed by atoms with Gasteiger partial charge in [0.1, 0.15) is 12.4 Å². The fourth-order valence-electron chi connectivity index (χ4n) is 2.55. The first-order valence-electron chi connectivity index (χ1n) is 4.93. The van der Waals surface area contributed by atoms with E-state index in [1.165, 1.54) is 6.33 Å². The number of anilines is 1. The lowest BCUT2D eigenvalue weighted by Crippen LogP contribution is -2.58. The smallest absolute Gasteiger partial charge is 0.223 e. The summed E-state index contributed by atoms with van der Waals surface area (Å²) in [5.74, 6) is 0.581. The van der Waals surface area contributed by atoms with Gasteiger partial charge in [0.05, 0.1) is 12.6 Å². The van der Waals surface area contributed by atoms with Gasteiger partial charge in [0, 0.05) is 6.42 Å². The molecule has 0 radical (unpaired) electrons. The molecule has 3 aliphatic heterocycles. The highest BCUT2D eigenvalue weighted by atomic mass is 16.7. The summed E-state index contributed by atoms with van der Waals surface area (Å²) >= 11 is 0. The minimum Gasteiger partial charge on any atom is -0.366 e. The van der Waals surface area contributed by atoms with Crippen molar-refractivity contribution in [3.05, 3.63) is 6.33 Å². The Morgan fingerprint density at radius 2 is 2.60 bits per heavy atom. The van der Waals surface area contributed by atoms with E-state index in [0.717, 1.165) is 0 Å². The summed E-state index contributed by atoms with van der Waals surface area (Å²) in [5, 5.41) is 17.3. The molecular formula is C8H10N4O3. The van der Waals surface area contributed by atoms with Gasteiger partial charge in [-0.15, -0.1) is 0 Å². The standard InChI is InChI=1S/C8H10N4O3/c13-8-1-4(5-2-14-6(8)15-5)12-7(11-8)9-3-10-12/h3-6,13H,1-2H2,(H,9,10,11)/t4-,5-,6+,8-/m0/s1. The molecule has 2 N–H and O–H groups in total. The summed E-state index contributed by atoms with van der Waals surface area (Å²) in [7, 11) is 0. The van der Waals surface area contributed by atoms with E-state index < -0.39 is 12.0 Å². The molecule has 4 heterocycles. The van der Waals surface area contributed by atoms with Crippen LogP contribution in [0.15, 0.2) is 6.33 Å². The van der Waals surface area contributed by atoms with Crippen LogP contribution in [0.4, 0.5) is 5.95 Å². The Labute approximate surface area is 85.0 Å². The number of nitrogens with zero attached hydrogens (tertiary/aromatic N) is 3. The number of aromatic nitrogens is 3. The summed E-state index contributed by atoms with van der Waals surface area (Å²) in [6.45, 7) is 0.499. The van der Waals surface area contributed by atoms with Gasteiger partial charge in [0.25, 0.3) is 0 Å². The first-order chi connectivity index (χ1) is 7.26. The molecule has 80 valence electrons. The van der Waals surface area contributed by atoms with Crippen LogP contribution in [0.3, 0.4) is 0 Å². The van der Waals surface area contributed by atoms with Crippen molar-refractivity contribution in [2.24, 2.45) is 0 Å². The lowest BCUT2D eigenvalue weighted by molar-refractivity contribution is -0.215. The molecule has 15 heavy (non-hydrogen) atoms. The topological polar surface area (TPSA) is 81.4 Å². The van der Waals surface area contributed by atoms with Crippen LogP contribution in [0.2, 0.25) is 0 Å². The van der Waals surface area contributed by atoms with E-state index in [0.29, 0.717) is 19.0 Å². The molecule has 0 amide bonds. The second kappa shape index (κ2) is 2.31. The van der Waals surface area contributed by atoms with Gasteiger partial charge in [0.15, 0.2) is 5.72 Å². The average molecular weight is 210 g/mol. The van der Waals surface area contributed by atoms with Crippen LogP contribution in [-0.2, 0) is 9.47 Å². The van der Waals surface area contributed by atoms with Crippen molar-refractivity contribution in [3.8, 4) is 0 Å². The Morgan fingerprint density at radius 1 is 1.67 bits per heavy atom. The zero-order valence-electron chi connectivity index (χ0n) is 7.83. The number of hydrogen-bond acceptors (Lipinski definition) is 6. The molecule has 4 rings (SSSR count). The van der Waals surface area contributed by atoms with E-state index in [4.69, 9.17) is 9.47 Å². The van der Waals surface area contributed by atoms with Gasteiger partial charge in [-0.05, 0) is 0 Å². The molecule has 2 saturated heterocycles. The fraction of sp³-hybridized carbons (Fsp3) is 0.750.